The molecule has 3 N–H and O–H groups in total. The molecule has 0 bridgehead atoms. The Kier molecular flexibility index (Phi) is 5.23. The number of nitrogens with one attached hydrogen (secondary N) is 1. The van der Waals surface area contributed by atoms with Gasteiger partial charge in [-0.15, -0.1) is 0 Å². The molecule has 1 aliphatic rings. The van der Waals surface area contributed by atoms with E-state index in [4.69, 9.17) is 17.3 Å². The van der Waals surface area contributed by atoms with Gasteiger partial charge in [0.2, 0.25) is 5.91 Å². The lowest BCUT2D eigenvalue weighted by molar-refractivity contribution is -0.117. The van der Waals surface area contributed by atoms with Crippen LogP contribution in [0, 0.1) is 0 Å². The third-order valence-corrected chi connectivity index (χ3v) is 3.80. The number of anilines is 2. The number of carbonyl (C=O) groups excluding carboxylic acids is 1. The number of carbonyl (C=O) groups is 1. The third kappa shape index (κ3) is 4.10. The van der Waals surface area contributed by atoms with Gasteiger partial charge in [-0.25, -0.2) is 0 Å². The minimum absolute atomic E-state index is 0.0380. The highest BCUT2D eigenvalue weighted by molar-refractivity contribution is 6.31. The first kappa shape index (κ1) is 15.1. The zero-order valence-corrected chi connectivity index (χ0v) is 12.5. The fraction of sp³-hybridized carbons (Fsp3) is 0.500. The van der Waals surface area contributed by atoms with E-state index in [0.717, 1.165) is 32.7 Å². The lowest BCUT2D eigenvalue weighted by Crippen LogP contribution is -2.48. The van der Waals surface area contributed by atoms with Crippen LogP contribution in [0.15, 0.2) is 18.2 Å². The number of halogens is 1. The van der Waals surface area contributed by atoms with Crippen LogP contribution in [0.2, 0.25) is 5.02 Å². The van der Waals surface area contributed by atoms with Crippen LogP contribution in [-0.2, 0) is 4.79 Å². The van der Waals surface area contributed by atoms with Crippen LogP contribution >= 0.6 is 11.6 Å². The molecule has 0 atom stereocenters. The zero-order chi connectivity index (χ0) is 14.5. The van der Waals surface area contributed by atoms with Crippen LogP contribution in [0.1, 0.15) is 6.92 Å². The van der Waals surface area contributed by atoms with Gasteiger partial charge in [-0.1, -0.05) is 18.5 Å². The summed E-state index contributed by atoms with van der Waals surface area (Å²) >= 11 is 5.83. The molecule has 1 saturated heterocycles. The van der Waals surface area contributed by atoms with Crippen molar-refractivity contribution in [1.29, 1.82) is 0 Å². The molecule has 1 aromatic rings. The van der Waals surface area contributed by atoms with Gasteiger partial charge >= 0.3 is 0 Å². The lowest BCUT2D eigenvalue weighted by Gasteiger charge is -2.33. The van der Waals surface area contributed by atoms with E-state index in [1.165, 1.54) is 0 Å². The summed E-state index contributed by atoms with van der Waals surface area (Å²) in [4.78, 5) is 16.6. The Balaban J connectivity index is 1.84. The molecule has 0 spiro atoms. The Hall–Kier alpha value is -1.30. The first-order chi connectivity index (χ1) is 9.58. The van der Waals surface area contributed by atoms with Crippen molar-refractivity contribution in [2.75, 3.05) is 50.3 Å². The van der Waals surface area contributed by atoms with Gasteiger partial charge in [0, 0.05) is 31.2 Å². The Morgan fingerprint density at radius 1 is 1.30 bits per heavy atom. The highest BCUT2D eigenvalue weighted by Crippen LogP contribution is 2.22. The Bertz CT molecular complexity index is 472. The fourth-order valence-corrected chi connectivity index (χ4v) is 2.48. The molecule has 0 aliphatic carbocycles. The molecule has 1 aliphatic heterocycles. The minimum Gasteiger partial charge on any atom is -0.397 e. The number of nitrogen functional groups attached to an aromatic ring is 1. The lowest BCUT2D eigenvalue weighted by atomic mass is 10.2. The molecule has 110 valence electrons. The molecule has 1 amide bonds. The maximum Gasteiger partial charge on any atom is 0.238 e. The summed E-state index contributed by atoms with van der Waals surface area (Å²) in [6.45, 7) is 7.53. The van der Waals surface area contributed by atoms with Gasteiger partial charge in [0.25, 0.3) is 0 Å². The summed E-state index contributed by atoms with van der Waals surface area (Å²) in [5, 5.41) is 3.40. The van der Waals surface area contributed by atoms with Gasteiger partial charge in [-0.05, 0) is 24.7 Å². The second-order valence-electron chi connectivity index (χ2n) is 4.99. The van der Waals surface area contributed by atoms with Crippen molar-refractivity contribution in [3.05, 3.63) is 23.2 Å². The van der Waals surface area contributed by atoms with Crippen LogP contribution in [0.5, 0.6) is 0 Å². The van der Waals surface area contributed by atoms with E-state index in [2.05, 4.69) is 22.0 Å². The van der Waals surface area contributed by atoms with Gasteiger partial charge < -0.3 is 16.0 Å². The predicted octanol–water partition coefficient (Wildman–Crippen LogP) is 1.50. The molecular weight excluding hydrogens is 276 g/mol. The normalized spacial score (nSPS) is 17.1. The van der Waals surface area contributed by atoms with Gasteiger partial charge in [-0.3, -0.25) is 9.69 Å². The van der Waals surface area contributed by atoms with Crippen LogP contribution in [0.4, 0.5) is 11.4 Å². The van der Waals surface area contributed by atoms with Gasteiger partial charge in [0.1, 0.15) is 0 Å². The van der Waals surface area contributed by atoms with E-state index in [9.17, 15) is 4.79 Å². The van der Waals surface area contributed by atoms with Gasteiger partial charge in [0.05, 0.1) is 17.9 Å². The standard InChI is InChI=1S/C14H21ClN4O/c1-2-18-5-7-19(8-6-18)10-14(20)17-13-4-3-11(15)9-12(13)16/h3-4,9H,2,5-8,10,16H2,1H3,(H,17,20). The third-order valence-electron chi connectivity index (χ3n) is 3.57. The molecule has 2 rings (SSSR count). The van der Waals surface area contributed by atoms with Crippen LogP contribution in [0.25, 0.3) is 0 Å². The smallest absolute Gasteiger partial charge is 0.238 e. The Morgan fingerprint density at radius 2 is 1.95 bits per heavy atom. The van der Waals surface area contributed by atoms with Crippen molar-refractivity contribution in [2.45, 2.75) is 6.92 Å². The van der Waals surface area contributed by atoms with E-state index >= 15 is 0 Å². The topological polar surface area (TPSA) is 61.6 Å². The number of nitrogens with zero attached hydrogens (tertiary/aromatic N) is 2. The number of amides is 1. The summed E-state index contributed by atoms with van der Waals surface area (Å²) in [7, 11) is 0. The molecule has 1 aromatic carbocycles. The Morgan fingerprint density at radius 3 is 2.55 bits per heavy atom. The minimum atomic E-state index is -0.0380. The molecule has 20 heavy (non-hydrogen) atoms. The van der Waals surface area contributed by atoms with Crippen molar-refractivity contribution < 1.29 is 4.79 Å². The summed E-state index contributed by atoms with van der Waals surface area (Å²) in [5.41, 5.74) is 6.92. The maximum atomic E-state index is 12.0. The average Bonchev–Trinajstić information content (AvgIpc) is 2.43. The van der Waals surface area contributed by atoms with Gasteiger partial charge in [0.15, 0.2) is 0 Å². The Labute approximate surface area is 124 Å². The predicted molar refractivity (Wildman–Crippen MR) is 83.0 cm³/mol. The first-order valence-corrected chi connectivity index (χ1v) is 7.26. The number of benzene rings is 1. The zero-order valence-electron chi connectivity index (χ0n) is 11.7. The molecule has 6 heteroatoms. The van der Waals surface area contributed by atoms with E-state index in [-0.39, 0.29) is 5.91 Å². The van der Waals surface area contributed by atoms with Crippen LogP contribution in [0.3, 0.4) is 0 Å². The maximum absolute atomic E-state index is 12.0. The van der Waals surface area contributed by atoms with Crippen molar-refractivity contribution in [3.8, 4) is 0 Å². The van der Waals surface area contributed by atoms with Crippen molar-refractivity contribution in [2.24, 2.45) is 0 Å². The SMILES string of the molecule is CCN1CCN(CC(=O)Nc2ccc(Cl)cc2N)CC1. The van der Waals surface area contributed by atoms with Crippen molar-refractivity contribution in [1.82, 2.24) is 9.80 Å². The molecule has 0 saturated carbocycles. The van der Waals surface area contributed by atoms with Crippen molar-refractivity contribution in [3.63, 3.8) is 0 Å². The number of hydrogen-bond acceptors (Lipinski definition) is 4. The number of likely N-dealkylation sites (N-methyl/N-ethyl adjacent to an activating group) is 1. The summed E-state index contributed by atoms with van der Waals surface area (Å²) in [6, 6.07) is 5.08. The highest BCUT2D eigenvalue weighted by atomic mass is 35.5. The summed E-state index contributed by atoms with van der Waals surface area (Å²) in [5.74, 6) is -0.0380. The quantitative estimate of drug-likeness (QED) is 0.827. The second-order valence-corrected chi connectivity index (χ2v) is 5.43. The number of hydrogen-bond donors (Lipinski definition) is 2. The summed E-state index contributed by atoms with van der Waals surface area (Å²) in [6.07, 6.45) is 0. The average molecular weight is 297 g/mol. The molecule has 0 aromatic heterocycles. The van der Waals surface area contributed by atoms with Crippen molar-refractivity contribution >= 4 is 28.9 Å². The van der Waals surface area contributed by atoms with E-state index in [1.54, 1.807) is 18.2 Å². The first-order valence-electron chi connectivity index (χ1n) is 6.88. The van der Waals surface area contributed by atoms with Gasteiger partial charge in [-0.2, -0.15) is 0 Å². The number of piperazine rings is 1. The molecule has 0 radical (unpaired) electrons. The largest absolute Gasteiger partial charge is 0.397 e. The monoisotopic (exact) mass is 296 g/mol. The summed E-state index contributed by atoms with van der Waals surface area (Å²) < 4.78 is 0. The second kappa shape index (κ2) is 6.92. The number of rotatable bonds is 4. The van der Waals surface area contributed by atoms with Crippen LogP contribution in [-0.4, -0.2) is 55.0 Å². The molecule has 1 fully saturated rings. The molecule has 1 heterocycles. The molecule has 5 nitrogen and oxygen atoms in total. The highest BCUT2D eigenvalue weighted by Gasteiger charge is 2.18. The van der Waals surface area contributed by atoms with E-state index < -0.39 is 0 Å². The van der Waals surface area contributed by atoms with Crippen LogP contribution < -0.4 is 11.1 Å². The molecule has 0 unspecified atom stereocenters. The fourth-order valence-electron chi connectivity index (χ4n) is 2.30. The van der Waals surface area contributed by atoms with E-state index in [1.807, 2.05) is 0 Å². The number of nitrogens with two attached hydrogens (primary N) is 1. The van der Waals surface area contributed by atoms with E-state index in [0.29, 0.717) is 22.9 Å². The molecular formula is C14H21ClN4O.